The van der Waals surface area contributed by atoms with Crippen LogP contribution in [-0.2, 0) is 6.54 Å². The van der Waals surface area contributed by atoms with Crippen LogP contribution in [0, 0.1) is 5.92 Å². The molecule has 3 aromatic rings. The molecule has 0 spiro atoms. The molecule has 33 heavy (non-hydrogen) atoms. The van der Waals surface area contributed by atoms with Crippen molar-refractivity contribution in [3.63, 3.8) is 0 Å². The van der Waals surface area contributed by atoms with Gasteiger partial charge in [-0.3, -0.25) is 4.90 Å². The third kappa shape index (κ3) is 4.53. The van der Waals surface area contributed by atoms with E-state index in [-0.39, 0.29) is 6.03 Å². The zero-order chi connectivity index (χ0) is 22.8. The van der Waals surface area contributed by atoms with Gasteiger partial charge in [0.1, 0.15) is 0 Å². The van der Waals surface area contributed by atoms with Crippen LogP contribution in [0.4, 0.5) is 21.9 Å². The molecule has 3 aromatic carbocycles. The summed E-state index contributed by atoms with van der Waals surface area (Å²) in [5.41, 5.74) is 11.3. The van der Waals surface area contributed by atoms with Crippen LogP contribution in [0.15, 0.2) is 82.4 Å². The number of halogens is 1. The van der Waals surface area contributed by atoms with Crippen molar-refractivity contribution in [3.8, 4) is 0 Å². The largest absolute Gasteiger partial charge is 0.399 e. The van der Waals surface area contributed by atoms with E-state index in [0.717, 1.165) is 45.5 Å². The minimum Gasteiger partial charge on any atom is -0.399 e. The Kier molecular flexibility index (Phi) is 6.18. The highest BCUT2D eigenvalue weighted by molar-refractivity contribution is 9.10. The van der Waals surface area contributed by atoms with Crippen molar-refractivity contribution in [1.82, 2.24) is 5.01 Å². The van der Waals surface area contributed by atoms with Gasteiger partial charge in [-0.15, -0.1) is 0 Å². The van der Waals surface area contributed by atoms with E-state index in [0.29, 0.717) is 18.2 Å². The number of hydrazone groups is 1. The number of rotatable bonds is 4. The van der Waals surface area contributed by atoms with Gasteiger partial charge in [0.15, 0.2) is 0 Å². The molecule has 1 aliphatic heterocycles. The first-order chi connectivity index (χ1) is 16.1. The number of carbonyl (C=O) groups is 1. The number of urea groups is 1. The van der Waals surface area contributed by atoms with Gasteiger partial charge in [-0.2, -0.15) is 5.10 Å². The molecule has 168 valence electrons. The van der Waals surface area contributed by atoms with Crippen LogP contribution in [0.3, 0.4) is 0 Å². The highest BCUT2D eigenvalue weighted by Gasteiger charge is 2.34. The molecule has 5 nitrogen and oxygen atoms in total. The van der Waals surface area contributed by atoms with Crippen molar-refractivity contribution in [2.24, 2.45) is 11.0 Å². The van der Waals surface area contributed by atoms with Crippen molar-refractivity contribution < 1.29 is 4.79 Å². The molecule has 1 heterocycles. The molecule has 0 bridgehead atoms. The number of nitrogens with two attached hydrogens (primary N) is 1. The Morgan fingerprint density at radius 3 is 2.39 bits per heavy atom. The lowest BCUT2D eigenvalue weighted by molar-refractivity contribution is 0.207. The summed E-state index contributed by atoms with van der Waals surface area (Å²) in [5.74, 6) is 0.337. The molecule has 5 rings (SSSR count). The van der Waals surface area contributed by atoms with E-state index in [9.17, 15) is 4.79 Å². The maximum Gasteiger partial charge on any atom is 0.349 e. The normalized spacial score (nSPS) is 16.9. The van der Waals surface area contributed by atoms with Gasteiger partial charge in [0, 0.05) is 21.6 Å². The smallest absolute Gasteiger partial charge is 0.349 e. The Balaban J connectivity index is 1.67. The molecule has 2 amide bonds. The number of amides is 2. The average molecular weight is 503 g/mol. The molecular formula is C27H27BrN4O. The van der Waals surface area contributed by atoms with Crippen LogP contribution < -0.4 is 10.6 Å². The van der Waals surface area contributed by atoms with Gasteiger partial charge < -0.3 is 5.73 Å². The standard InChI is InChI=1S/C27H27BrN4O/c28-21-11-16-25-24(17-21)26(20-9-5-2-6-10-20)30-31(18-19-7-3-1-4-8-19)27(33)32(25)23-14-12-22(29)13-15-23/h1,3-4,7-8,11-17,20H,2,5-6,9-10,18,29H2. The molecule has 2 aliphatic rings. The molecule has 1 aliphatic carbocycles. The van der Waals surface area contributed by atoms with Crippen molar-refractivity contribution in [2.45, 2.75) is 38.6 Å². The highest BCUT2D eigenvalue weighted by atomic mass is 79.9. The molecule has 1 fully saturated rings. The number of nitrogen functional groups attached to an aromatic ring is 1. The van der Waals surface area contributed by atoms with Crippen molar-refractivity contribution in [3.05, 3.63) is 88.4 Å². The molecule has 0 radical (unpaired) electrons. The van der Waals surface area contributed by atoms with E-state index in [1.165, 1.54) is 19.3 Å². The fourth-order valence-corrected chi connectivity index (χ4v) is 5.12. The minimum atomic E-state index is -0.169. The van der Waals surface area contributed by atoms with Crippen LogP contribution in [-0.4, -0.2) is 16.8 Å². The summed E-state index contributed by atoms with van der Waals surface area (Å²) in [6.07, 6.45) is 5.85. The van der Waals surface area contributed by atoms with E-state index >= 15 is 0 Å². The second-order valence-corrected chi connectivity index (χ2v) is 9.65. The van der Waals surface area contributed by atoms with Gasteiger partial charge in [0.2, 0.25) is 0 Å². The molecule has 2 N–H and O–H groups in total. The van der Waals surface area contributed by atoms with Crippen LogP contribution in [0.25, 0.3) is 0 Å². The molecular weight excluding hydrogens is 476 g/mol. The first-order valence-corrected chi connectivity index (χ1v) is 12.3. The minimum absolute atomic E-state index is 0.169. The summed E-state index contributed by atoms with van der Waals surface area (Å²) >= 11 is 3.65. The van der Waals surface area contributed by atoms with Gasteiger partial charge in [-0.1, -0.05) is 65.5 Å². The highest BCUT2D eigenvalue weighted by Crippen LogP contribution is 2.39. The van der Waals surface area contributed by atoms with E-state index in [1.807, 2.05) is 66.7 Å². The maximum atomic E-state index is 14.0. The Morgan fingerprint density at radius 1 is 0.939 bits per heavy atom. The summed E-state index contributed by atoms with van der Waals surface area (Å²) in [7, 11) is 0. The molecule has 0 unspecified atom stereocenters. The summed E-state index contributed by atoms with van der Waals surface area (Å²) in [6.45, 7) is 0.413. The van der Waals surface area contributed by atoms with Crippen molar-refractivity contribution in [2.75, 3.05) is 10.6 Å². The monoisotopic (exact) mass is 502 g/mol. The molecule has 6 heteroatoms. The summed E-state index contributed by atoms with van der Waals surface area (Å²) in [4.78, 5) is 15.8. The SMILES string of the molecule is Nc1ccc(N2C(=O)N(Cc3ccccc3)N=C(C3CCCCC3)c3cc(Br)ccc32)cc1. The number of hydrogen-bond donors (Lipinski definition) is 1. The Bertz CT molecular complexity index is 1170. The zero-order valence-electron chi connectivity index (χ0n) is 18.5. The van der Waals surface area contributed by atoms with E-state index < -0.39 is 0 Å². The van der Waals surface area contributed by atoms with Crippen LogP contribution >= 0.6 is 15.9 Å². The number of carbonyl (C=O) groups excluding carboxylic acids is 1. The summed E-state index contributed by atoms with van der Waals surface area (Å²) in [6, 6.07) is 23.4. The predicted octanol–water partition coefficient (Wildman–Crippen LogP) is 7.09. The van der Waals surface area contributed by atoms with E-state index in [4.69, 9.17) is 10.8 Å². The Morgan fingerprint density at radius 2 is 1.67 bits per heavy atom. The third-order valence-electron chi connectivity index (χ3n) is 6.43. The lowest BCUT2D eigenvalue weighted by Crippen LogP contribution is -2.36. The molecule has 0 atom stereocenters. The first kappa shape index (κ1) is 21.7. The number of hydrogen-bond acceptors (Lipinski definition) is 3. The molecule has 0 saturated heterocycles. The predicted molar refractivity (Wildman–Crippen MR) is 138 cm³/mol. The lowest BCUT2D eigenvalue weighted by atomic mass is 9.83. The molecule has 1 saturated carbocycles. The fourth-order valence-electron chi connectivity index (χ4n) is 4.76. The van der Waals surface area contributed by atoms with Gasteiger partial charge in [0.05, 0.1) is 23.6 Å². The number of nitrogens with zero attached hydrogens (tertiary/aromatic N) is 3. The number of anilines is 3. The number of fused-ring (bicyclic) bond motifs is 1. The first-order valence-electron chi connectivity index (χ1n) is 11.5. The summed E-state index contributed by atoms with van der Waals surface area (Å²) < 4.78 is 0.978. The van der Waals surface area contributed by atoms with E-state index in [1.54, 1.807) is 9.91 Å². The maximum absolute atomic E-state index is 14.0. The Labute approximate surface area is 203 Å². The third-order valence-corrected chi connectivity index (χ3v) is 6.93. The Hall–Kier alpha value is -3.12. The molecule has 0 aromatic heterocycles. The van der Waals surface area contributed by atoms with Crippen LogP contribution in [0.2, 0.25) is 0 Å². The lowest BCUT2D eigenvalue weighted by Gasteiger charge is -2.27. The quantitative estimate of drug-likeness (QED) is 0.387. The van der Waals surface area contributed by atoms with Crippen LogP contribution in [0.5, 0.6) is 0 Å². The van der Waals surface area contributed by atoms with E-state index in [2.05, 4.69) is 22.0 Å². The summed E-state index contributed by atoms with van der Waals surface area (Å²) in [5, 5.41) is 6.69. The zero-order valence-corrected chi connectivity index (χ0v) is 20.0. The number of benzene rings is 3. The van der Waals surface area contributed by atoms with Crippen LogP contribution in [0.1, 0.15) is 43.2 Å². The van der Waals surface area contributed by atoms with Crippen molar-refractivity contribution >= 4 is 44.7 Å². The van der Waals surface area contributed by atoms with Crippen molar-refractivity contribution in [1.29, 1.82) is 0 Å². The van der Waals surface area contributed by atoms with Gasteiger partial charge in [0.25, 0.3) is 0 Å². The second-order valence-electron chi connectivity index (χ2n) is 8.73. The topological polar surface area (TPSA) is 61.9 Å². The van der Waals surface area contributed by atoms with Gasteiger partial charge in [-0.05, 0) is 60.9 Å². The fraction of sp³-hybridized carbons (Fsp3) is 0.259. The second kappa shape index (κ2) is 9.40. The van der Waals surface area contributed by atoms with Gasteiger partial charge >= 0.3 is 6.03 Å². The average Bonchev–Trinajstić information content (AvgIpc) is 2.95. The van der Waals surface area contributed by atoms with Gasteiger partial charge in [-0.25, -0.2) is 9.80 Å².